The minimum atomic E-state index is 0.709. The first-order valence-electron chi connectivity index (χ1n) is 5.21. The van der Waals surface area contributed by atoms with Gasteiger partial charge in [0, 0.05) is 16.8 Å². The number of rotatable bonds is 0. The van der Waals surface area contributed by atoms with E-state index in [-0.39, 0.29) is 0 Å². The monoisotopic (exact) mass is 208 g/mol. The normalized spacial score (nSPS) is 11.0. The van der Waals surface area contributed by atoms with E-state index >= 15 is 0 Å². The number of fused-ring (bicyclic) bond motifs is 2. The lowest BCUT2D eigenvalue weighted by atomic mass is 10.0. The molecule has 2 nitrogen and oxygen atoms in total. The molecule has 0 aliphatic heterocycles. The van der Waals surface area contributed by atoms with Gasteiger partial charge in [0.25, 0.3) is 0 Å². The molecule has 0 aliphatic rings. The zero-order valence-electron chi connectivity index (χ0n) is 8.77. The van der Waals surface area contributed by atoms with Gasteiger partial charge in [-0.2, -0.15) is 0 Å². The van der Waals surface area contributed by atoms with Crippen molar-refractivity contribution in [3.05, 3.63) is 48.5 Å². The fourth-order valence-electron chi connectivity index (χ4n) is 2.11. The maximum atomic E-state index is 5.97. The van der Waals surface area contributed by atoms with Gasteiger partial charge in [-0.05, 0) is 40.4 Å². The van der Waals surface area contributed by atoms with Gasteiger partial charge in [0.05, 0.1) is 0 Å². The average Bonchev–Trinajstić information content (AvgIpc) is 2.27. The van der Waals surface area contributed by atoms with E-state index in [0.29, 0.717) is 5.69 Å². The second kappa shape index (κ2) is 3.14. The summed E-state index contributed by atoms with van der Waals surface area (Å²) in [6, 6.07) is 16.2. The maximum Gasteiger partial charge on any atom is 0.0414 e. The molecule has 0 spiro atoms. The molecule has 0 saturated carbocycles. The topological polar surface area (TPSA) is 52.0 Å². The fourth-order valence-corrected chi connectivity index (χ4v) is 2.11. The number of anilines is 2. The third-order valence-corrected chi connectivity index (χ3v) is 2.87. The van der Waals surface area contributed by atoms with Crippen LogP contribution in [0.15, 0.2) is 48.5 Å². The molecule has 0 radical (unpaired) electrons. The van der Waals surface area contributed by atoms with E-state index in [1.807, 2.05) is 18.2 Å². The van der Waals surface area contributed by atoms with Crippen LogP contribution in [-0.2, 0) is 0 Å². The van der Waals surface area contributed by atoms with Crippen LogP contribution < -0.4 is 11.5 Å². The van der Waals surface area contributed by atoms with Crippen molar-refractivity contribution >= 4 is 32.9 Å². The van der Waals surface area contributed by atoms with Crippen molar-refractivity contribution < 1.29 is 0 Å². The first kappa shape index (κ1) is 9.04. The van der Waals surface area contributed by atoms with Crippen molar-refractivity contribution in [2.75, 3.05) is 11.5 Å². The summed E-state index contributed by atoms with van der Waals surface area (Å²) in [5.41, 5.74) is 13.2. The Morgan fingerprint density at radius 2 is 1.38 bits per heavy atom. The quantitative estimate of drug-likeness (QED) is 0.440. The second-order valence-corrected chi connectivity index (χ2v) is 4.03. The molecule has 3 aromatic carbocycles. The highest BCUT2D eigenvalue weighted by Gasteiger charge is 2.01. The predicted molar refractivity (Wildman–Crippen MR) is 70.3 cm³/mol. The number of benzene rings is 3. The Bertz CT molecular complexity index is 687. The Morgan fingerprint density at radius 3 is 2.12 bits per heavy atom. The van der Waals surface area contributed by atoms with E-state index < -0.39 is 0 Å². The zero-order valence-corrected chi connectivity index (χ0v) is 8.77. The molecule has 3 aromatic rings. The van der Waals surface area contributed by atoms with Crippen molar-refractivity contribution in [3.8, 4) is 0 Å². The Morgan fingerprint density at radius 1 is 0.688 bits per heavy atom. The third-order valence-electron chi connectivity index (χ3n) is 2.87. The Balaban J connectivity index is 2.51. The average molecular weight is 208 g/mol. The molecule has 2 heteroatoms. The summed E-state index contributed by atoms with van der Waals surface area (Å²) >= 11 is 0. The molecule has 3 rings (SSSR count). The highest BCUT2D eigenvalue weighted by molar-refractivity contribution is 6.04. The van der Waals surface area contributed by atoms with Crippen LogP contribution in [-0.4, -0.2) is 0 Å². The van der Waals surface area contributed by atoms with Gasteiger partial charge in [0.2, 0.25) is 0 Å². The molecule has 0 unspecified atom stereocenters. The molecule has 0 bridgehead atoms. The van der Waals surface area contributed by atoms with Crippen molar-refractivity contribution in [3.63, 3.8) is 0 Å². The number of nitrogen functional groups attached to an aromatic ring is 2. The smallest absolute Gasteiger partial charge is 0.0414 e. The summed E-state index contributed by atoms with van der Waals surface area (Å²) in [7, 11) is 0. The van der Waals surface area contributed by atoms with Crippen molar-refractivity contribution in [2.45, 2.75) is 0 Å². The van der Waals surface area contributed by atoms with E-state index in [1.165, 1.54) is 10.8 Å². The van der Waals surface area contributed by atoms with Gasteiger partial charge in [0.15, 0.2) is 0 Å². The van der Waals surface area contributed by atoms with Gasteiger partial charge in [-0.3, -0.25) is 0 Å². The second-order valence-electron chi connectivity index (χ2n) is 4.03. The minimum Gasteiger partial charge on any atom is -0.399 e. The summed E-state index contributed by atoms with van der Waals surface area (Å²) in [5.74, 6) is 0. The number of hydrogen-bond acceptors (Lipinski definition) is 2. The largest absolute Gasteiger partial charge is 0.399 e. The molecule has 0 amide bonds. The SMILES string of the molecule is Nc1cc(N)c2cc3ccccc3cc2c1. The molecule has 16 heavy (non-hydrogen) atoms. The lowest BCUT2D eigenvalue weighted by Gasteiger charge is -2.06. The fraction of sp³-hybridized carbons (Fsp3) is 0. The molecule has 0 atom stereocenters. The van der Waals surface area contributed by atoms with Gasteiger partial charge in [-0.1, -0.05) is 24.3 Å². The molecule has 0 aromatic heterocycles. The number of nitrogens with two attached hydrogens (primary N) is 2. The van der Waals surface area contributed by atoms with Crippen LogP contribution in [0.25, 0.3) is 21.5 Å². The molecule has 4 N–H and O–H groups in total. The first-order valence-corrected chi connectivity index (χ1v) is 5.21. The first-order chi connectivity index (χ1) is 7.74. The van der Waals surface area contributed by atoms with Crippen LogP contribution in [0.3, 0.4) is 0 Å². The summed E-state index contributed by atoms with van der Waals surface area (Å²) in [6.45, 7) is 0. The van der Waals surface area contributed by atoms with E-state index in [2.05, 4.69) is 24.3 Å². The van der Waals surface area contributed by atoms with Crippen LogP contribution in [0.4, 0.5) is 11.4 Å². The summed E-state index contributed by atoms with van der Waals surface area (Å²) in [4.78, 5) is 0. The van der Waals surface area contributed by atoms with Gasteiger partial charge >= 0.3 is 0 Å². The highest BCUT2D eigenvalue weighted by atomic mass is 14.6. The van der Waals surface area contributed by atoms with E-state index in [0.717, 1.165) is 16.5 Å². The molecule has 0 fully saturated rings. The van der Waals surface area contributed by atoms with E-state index in [1.54, 1.807) is 6.07 Å². The lowest BCUT2D eigenvalue weighted by molar-refractivity contribution is 1.72. The van der Waals surface area contributed by atoms with Crippen LogP contribution in [0, 0.1) is 0 Å². The summed E-state index contributed by atoms with van der Waals surface area (Å²) < 4.78 is 0. The van der Waals surface area contributed by atoms with Crippen molar-refractivity contribution in [2.24, 2.45) is 0 Å². The van der Waals surface area contributed by atoms with Crippen LogP contribution in [0.2, 0.25) is 0 Å². The predicted octanol–water partition coefficient (Wildman–Crippen LogP) is 3.16. The summed E-state index contributed by atoms with van der Waals surface area (Å²) in [5, 5.41) is 4.57. The van der Waals surface area contributed by atoms with Gasteiger partial charge in [-0.15, -0.1) is 0 Å². The molecule has 0 aliphatic carbocycles. The standard InChI is InChI=1S/C14H12N2/c15-12-6-11-5-9-3-1-2-4-10(9)7-13(11)14(16)8-12/h1-8H,15-16H2. The molecular weight excluding hydrogens is 196 g/mol. The van der Waals surface area contributed by atoms with Gasteiger partial charge in [0.1, 0.15) is 0 Å². The lowest BCUT2D eigenvalue weighted by Crippen LogP contribution is -1.91. The maximum absolute atomic E-state index is 5.97. The molecule has 0 saturated heterocycles. The van der Waals surface area contributed by atoms with Crippen LogP contribution >= 0.6 is 0 Å². The van der Waals surface area contributed by atoms with E-state index in [9.17, 15) is 0 Å². The van der Waals surface area contributed by atoms with Crippen LogP contribution in [0.1, 0.15) is 0 Å². The number of hydrogen-bond donors (Lipinski definition) is 2. The molecule has 78 valence electrons. The third kappa shape index (κ3) is 1.27. The van der Waals surface area contributed by atoms with Gasteiger partial charge < -0.3 is 11.5 Å². The van der Waals surface area contributed by atoms with Crippen LogP contribution in [0.5, 0.6) is 0 Å². The molecular formula is C14H12N2. The van der Waals surface area contributed by atoms with E-state index in [4.69, 9.17) is 11.5 Å². The van der Waals surface area contributed by atoms with Crippen molar-refractivity contribution in [1.29, 1.82) is 0 Å². The Kier molecular flexibility index (Phi) is 1.77. The minimum absolute atomic E-state index is 0.709. The summed E-state index contributed by atoms with van der Waals surface area (Å²) in [6.07, 6.45) is 0. The molecule has 0 heterocycles. The zero-order chi connectivity index (χ0) is 11.1. The highest BCUT2D eigenvalue weighted by Crippen LogP contribution is 2.28. The Hall–Kier alpha value is -2.22. The van der Waals surface area contributed by atoms with Gasteiger partial charge in [-0.25, -0.2) is 0 Å². The van der Waals surface area contributed by atoms with Crippen molar-refractivity contribution in [1.82, 2.24) is 0 Å². The Labute approximate surface area is 93.5 Å².